The van der Waals surface area contributed by atoms with Crippen LogP contribution in [0.3, 0.4) is 0 Å². The van der Waals surface area contributed by atoms with E-state index in [0.717, 1.165) is 50.6 Å². The smallest absolute Gasteiger partial charge is 0.225 e. The number of aromatic nitrogens is 1. The lowest BCUT2D eigenvalue weighted by molar-refractivity contribution is -0.137. The lowest BCUT2D eigenvalue weighted by Crippen LogP contribution is -2.41. The number of carbonyl (C=O) groups excluding carboxylic acids is 1. The summed E-state index contributed by atoms with van der Waals surface area (Å²) in [4.78, 5) is 20.9. The molecule has 18 heavy (non-hydrogen) atoms. The standard InChI is InChI=1S/C13H19N3OS/c17-12(11-3-1-4-11)15-6-2-7-16(9-8-15)13-14-5-10-18-13/h5,10-11H,1-4,6-9H2. The molecule has 1 amide bonds. The monoisotopic (exact) mass is 265 g/mol. The van der Waals surface area contributed by atoms with E-state index in [0.29, 0.717) is 11.8 Å². The van der Waals surface area contributed by atoms with Crippen LogP contribution in [0.4, 0.5) is 5.13 Å². The zero-order valence-corrected chi connectivity index (χ0v) is 11.4. The molecule has 0 aromatic carbocycles. The molecule has 3 rings (SSSR count). The number of nitrogens with zero attached hydrogens (tertiary/aromatic N) is 3. The predicted molar refractivity (Wildman–Crippen MR) is 72.9 cm³/mol. The van der Waals surface area contributed by atoms with E-state index in [9.17, 15) is 4.79 Å². The molecule has 2 fully saturated rings. The first-order valence-electron chi connectivity index (χ1n) is 6.78. The maximum absolute atomic E-state index is 12.2. The molecule has 1 aliphatic heterocycles. The number of hydrogen-bond donors (Lipinski definition) is 0. The van der Waals surface area contributed by atoms with E-state index in [1.165, 1.54) is 6.42 Å². The van der Waals surface area contributed by atoms with Gasteiger partial charge >= 0.3 is 0 Å². The maximum Gasteiger partial charge on any atom is 0.225 e. The highest BCUT2D eigenvalue weighted by molar-refractivity contribution is 7.13. The summed E-state index contributed by atoms with van der Waals surface area (Å²) in [6.07, 6.45) is 6.34. The quantitative estimate of drug-likeness (QED) is 0.820. The Morgan fingerprint density at radius 3 is 2.78 bits per heavy atom. The second-order valence-corrected chi connectivity index (χ2v) is 5.98. The Morgan fingerprint density at radius 1 is 1.22 bits per heavy atom. The Hall–Kier alpha value is -1.10. The van der Waals surface area contributed by atoms with Gasteiger partial charge in [-0.1, -0.05) is 6.42 Å². The van der Waals surface area contributed by atoms with Gasteiger partial charge in [0.2, 0.25) is 5.91 Å². The zero-order valence-electron chi connectivity index (χ0n) is 10.5. The molecule has 0 bridgehead atoms. The van der Waals surface area contributed by atoms with Crippen LogP contribution in [0.2, 0.25) is 0 Å². The molecule has 98 valence electrons. The summed E-state index contributed by atoms with van der Waals surface area (Å²) < 4.78 is 0. The van der Waals surface area contributed by atoms with Crippen LogP contribution in [0.15, 0.2) is 11.6 Å². The van der Waals surface area contributed by atoms with Crippen molar-refractivity contribution in [1.82, 2.24) is 9.88 Å². The predicted octanol–water partition coefficient (Wildman–Crippen LogP) is 1.98. The first-order valence-corrected chi connectivity index (χ1v) is 7.66. The molecule has 0 unspecified atom stereocenters. The van der Waals surface area contributed by atoms with E-state index in [4.69, 9.17) is 0 Å². The molecule has 1 aromatic heterocycles. The van der Waals surface area contributed by atoms with Gasteiger partial charge in [0.15, 0.2) is 5.13 Å². The van der Waals surface area contributed by atoms with Crippen LogP contribution in [0.25, 0.3) is 0 Å². The number of anilines is 1. The van der Waals surface area contributed by atoms with Gasteiger partial charge in [-0.25, -0.2) is 4.98 Å². The molecule has 2 heterocycles. The topological polar surface area (TPSA) is 36.4 Å². The van der Waals surface area contributed by atoms with Gasteiger partial charge in [-0.2, -0.15) is 0 Å². The number of amides is 1. The summed E-state index contributed by atoms with van der Waals surface area (Å²) >= 11 is 1.68. The van der Waals surface area contributed by atoms with Crippen molar-refractivity contribution in [2.75, 3.05) is 31.1 Å². The fourth-order valence-corrected chi connectivity index (χ4v) is 3.31. The molecule has 5 heteroatoms. The zero-order chi connectivity index (χ0) is 12.4. The highest BCUT2D eigenvalue weighted by Crippen LogP contribution is 2.29. The molecule has 0 spiro atoms. The lowest BCUT2D eigenvalue weighted by Gasteiger charge is -2.30. The van der Waals surface area contributed by atoms with Crippen molar-refractivity contribution in [3.8, 4) is 0 Å². The van der Waals surface area contributed by atoms with Crippen LogP contribution in [0.5, 0.6) is 0 Å². The van der Waals surface area contributed by atoms with E-state index in [2.05, 4.69) is 14.8 Å². The number of hydrogen-bond acceptors (Lipinski definition) is 4. The lowest BCUT2D eigenvalue weighted by atomic mass is 9.84. The summed E-state index contributed by atoms with van der Waals surface area (Å²) in [5, 5.41) is 3.10. The molecule has 1 saturated carbocycles. The Bertz CT molecular complexity index is 402. The van der Waals surface area contributed by atoms with Crippen LogP contribution in [-0.4, -0.2) is 42.0 Å². The summed E-state index contributed by atoms with van der Waals surface area (Å²) in [6.45, 7) is 3.71. The second-order valence-electron chi connectivity index (χ2n) is 5.11. The fraction of sp³-hybridized carbons (Fsp3) is 0.692. The third-order valence-electron chi connectivity index (χ3n) is 3.95. The number of carbonyl (C=O) groups is 1. The van der Waals surface area contributed by atoms with Gasteiger partial charge in [0.1, 0.15) is 0 Å². The Kier molecular flexibility index (Phi) is 3.50. The van der Waals surface area contributed by atoms with Crippen molar-refractivity contribution in [3.05, 3.63) is 11.6 Å². The van der Waals surface area contributed by atoms with Gasteiger partial charge in [0, 0.05) is 43.7 Å². The Morgan fingerprint density at radius 2 is 2.11 bits per heavy atom. The van der Waals surface area contributed by atoms with E-state index < -0.39 is 0 Å². The Labute approximate surface area is 112 Å². The van der Waals surface area contributed by atoms with Gasteiger partial charge in [-0.3, -0.25) is 4.79 Å². The minimum absolute atomic E-state index is 0.330. The van der Waals surface area contributed by atoms with Gasteiger partial charge < -0.3 is 9.80 Å². The summed E-state index contributed by atoms with van der Waals surface area (Å²) in [5.74, 6) is 0.721. The normalized spacial score (nSPS) is 21.6. The van der Waals surface area contributed by atoms with Crippen LogP contribution in [0.1, 0.15) is 25.7 Å². The van der Waals surface area contributed by atoms with Crippen LogP contribution in [0, 0.1) is 5.92 Å². The fourth-order valence-electron chi connectivity index (χ4n) is 2.61. The minimum atomic E-state index is 0.330. The first kappa shape index (κ1) is 12.0. The van der Waals surface area contributed by atoms with E-state index in [-0.39, 0.29) is 0 Å². The highest BCUT2D eigenvalue weighted by Gasteiger charge is 2.30. The molecule has 2 aliphatic rings. The SMILES string of the molecule is O=C(C1CCC1)N1CCCN(c2nccs2)CC1. The van der Waals surface area contributed by atoms with Crippen molar-refractivity contribution in [2.24, 2.45) is 5.92 Å². The Balaban J connectivity index is 1.59. The molecule has 1 aliphatic carbocycles. The molecule has 4 nitrogen and oxygen atoms in total. The molecule has 1 saturated heterocycles. The molecule has 1 aromatic rings. The summed E-state index contributed by atoms with van der Waals surface area (Å²) in [7, 11) is 0. The van der Waals surface area contributed by atoms with Crippen LogP contribution in [-0.2, 0) is 4.79 Å². The van der Waals surface area contributed by atoms with Gasteiger partial charge in [0.25, 0.3) is 0 Å². The largest absolute Gasteiger partial charge is 0.346 e. The van der Waals surface area contributed by atoms with Crippen LogP contribution >= 0.6 is 11.3 Å². The van der Waals surface area contributed by atoms with Crippen molar-refractivity contribution in [1.29, 1.82) is 0 Å². The van der Waals surface area contributed by atoms with Crippen molar-refractivity contribution < 1.29 is 4.79 Å². The van der Waals surface area contributed by atoms with Crippen molar-refractivity contribution in [3.63, 3.8) is 0 Å². The van der Waals surface area contributed by atoms with Gasteiger partial charge in [-0.05, 0) is 19.3 Å². The van der Waals surface area contributed by atoms with E-state index in [1.54, 1.807) is 11.3 Å². The third-order valence-corrected chi connectivity index (χ3v) is 4.78. The summed E-state index contributed by atoms with van der Waals surface area (Å²) in [5.41, 5.74) is 0. The number of thiazole rings is 1. The van der Waals surface area contributed by atoms with Gasteiger partial charge in [-0.15, -0.1) is 11.3 Å². The van der Waals surface area contributed by atoms with Gasteiger partial charge in [0.05, 0.1) is 0 Å². The number of rotatable bonds is 2. The maximum atomic E-state index is 12.2. The van der Waals surface area contributed by atoms with E-state index in [1.807, 2.05) is 11.6 Å². The minimum Gasteiger partial charge on any atom is -0.346 e. The van der Waals surface area contributed by atoms with Crippen molar-refractivity contribution in [2.45, 2.75) is 25.7 Å². The third kappa shape index (κ3) is 2.36. The average molecular weight is 265 g/mol. The van der Waals surface area contributed by atoms with Crippen molar-refractivity contribution >= 4 is 22.4 Å². The molecular weight excluding hydrogens is 246 g/mol. The molecule has 0 N–H and O–H groups in total. The van der Waals surface area contributed by atoms with Crippen LogP contribution < -0.4 is 4.90 Å². The summed E-state index contributed by atoms with van der Waals surface area (Å²) in [6, 6.07) is 0. The van der Waals surface area contributed by atoms with E-state index >= 15 is 0 Å². The highest BCUT2D eigenvalue weighted by atomic mass is 32.1. The first-order chi connectivity index (χ1) is 8.84. The molecule has 0 atom stereocenters. The second kappa shape index (κ2) is 5.26. The molecule has 0 radical (unpaired) electrons. The molecular formula is C13H19N3OS. The average Bonchev–Trinajstić information content (AvgIpc) is 2.71.